The molecular formula is C26H33N9O2. The van der Waals surface area contributed by atoms with Gasteiger partial charge in [0.05, 0.1) is 26.2 Å². The molecule has 0 saturated carbocycles. The Morgan fingerprint density at radius 2 is 2.00 bits per heavy atom. The molecule has 1 aromatic heterocycles. The van der Waals surface area contributed by atoms with Gasteiger partial charge in [-0.15, -0.1) is 6.58 Å². The second-order valence-electron chi connectivity index (χ2n) is 9.43. The average molecular weight is 504 g/mol. The standard InChI is InChI=1S/C26H33N9O2/c1-4-8-34-26(37)21-15-27-16-23(30-25(21)35(34)24-17-32(3)9-7-28-24)29-20-5-6-22(19(14-20)18-36)33-12-10-31(2)11-13-33/h4-7,9,14-15,36H,1,8,10-13,16-18H2,2-3H3,(H,29,30). The van der Waals surface area contributed by atoms with Crippen molar-refractivity contribution in [2.24, 2.45) is 15.0 Å². The van der Waals surface area contributed by atoms with Crippen LogP contribution in [0.25, 0.3) is 0 Å². The lowest BCUT2D eigenvalue weighted by Crippen LogP contribution is -2.44. The number of nitrogens with zero attached hydrogens (tertiary/aromatic N) is 8. The molecule has 5 rings (SSSR count). The molecule has 4 heterocycles. The molecule has 3 aliphatic heterocycles. The molecule has 0 radical (unpaired) electrons. The van der Waals surface area contributed by atoms with Gasteiger partial charge in [-0.1, -0.05) is 6.08 Å². The van der Waals surface area contributed by atoms with Crippen LogP contribution < -0.4 is 15.8 Å². The van der Waals surface area contributed by atoms with Crippen molar-refractivity contribution in [1.82, 2.24) is 19.2 Å². The van der Waals surface area contributed by atoms with E-state index in [1.165, 1.54) is 0 Å². The fraction of sp³-hybridized carbons (Fsp3) is 0.385. The maximum absolute atomic E-state index is 13.2. The summed E-state index contributed by atoms with van der Waals surface area (Å²) in [4.78, 5) is 33.7. The number of allylic oxidation sites excluding steroid dienone is 1. The van der Waals surface area contributed by atoms with Gasteiger partial charge in [0, 0.05) is 68.8 Å². The molecule has 1 saturated heterocycles. The monoisotopic (exact) mass is 503 g/mol. The van der Waals surface area contributed by atoms with Gasteiger partial charge < -0.3 is 25.1 Å². The summed E-state index contributed by atoms with van der Waals surface area (Å²) in [5, 5.41) is 13.5. The van der Waals surface area contributed by atoms with Gasteiger partial charge in [-0.25, -0.2) is 19.3 Å². The van der Waals surface area contributed by atoms with Crippen molar-refractivity contribution in [1.29, 1.82) is 0 Å². The molecule has 0 bridgehead atoms. The van der Waals surface area contributed by atoms with Gasteiger partial charge in [-0.05, 0) is 25.2 Å². The van der Waals surface area contributed by atoms with Crippen LogP contribution in [0, 0.1) is 0 Å². The molecule has 0 amide bonds. The molecule has 0 atom stereocenters. The van der Waals surface area contributed by atoms with E-state index in [-0.39, 0.29) is 18.7 Å². The third-order valence-corrected chi connectivity index (χ3v) is 6.71. The van der Waals surface area contributed by atoms with E-state index in [0.717, 1.165) is 43.1 Å². The minimum Gasteiger partial charge on any atom is -0.392 e. The van der Waals surface area contributed by atoms with Gasteiger partial charge in [0.15, 0.2) is 5.82 Å². The first kappa shape index (κ1) is 24.7. The van der Waals surface area contributed by atoms with Crippen LogP contribution in [0.2, 0.25) is 0 Å². The van der Waals surface area contributed by atoms with Gasteiger partial charge in [0.1, 0.15) is 17.2 Å². The number of fused-ring (bicyclic) bond motifs is 1. The summed E-state index contributed by atoms with van der Waals surface area (Å²) < 4.78 is 3.34. The number of hydrogen-bond donors (Lipinski definition) is 2. The smallest absolute Gasteiger partial charge is 0.278 e. The van der Waals surface area contributed by atoms with Crippen molar-refractivity contribution in [3.63, 3.8) is 0 Å². The number of aliphatic hydroxyl groups excluding tert-OH is 1. The second kappa shape index (κ2) is 10.6. The number of hydrogen-bond acceptors (Lipinski definition) is 9. The number of aromatic nitrogens is 2. The first-order valence-electron chi connectivity index (χ1n) is 12.4. The number of piperazine rings is 1. The quantitative estimate of drug-likeness (QED) is 0.597. The molecule has 2 N–H and O–H groups in total. The molecule has 37 heavy (non-hydrogen) atoms. The molecular weight excluding hydrogens is 470 g/mol. The number of aliphatic hydroxyl groups is 1. The summed E-state index contributed by atoms with van der Waals surface area (Å²) >= 11 is 0. The van der Waals surface area contributed by atoms with Crippen molar-refractivity contribution >= 4 is 35.1 Å². The van der Waals surface area contributed by atoms with Crippen LogP contribution in [-0.2, 0) is 13.2 Å². The van der Waals surface area contributed by atoms with Crippen molar-refractivity contribution < 1.29 is 5.11 Å². The highest BCUT2D eigenvalue weighted by Crippen LogP contribution is 2.27. The summed E-state index contributed by atoms with van der Waals surface area (Å²) in [6, 6.07) is 5.99. The zero-order chi connectivity index (χ0) is 25.9. The number of likely N-dealkylation sites (N-methyl/N-ethyl adjacent to an activating group) is 2. The number of benzene rings is 1. The first-order chi connectivity index (χ1) is 18.0. The molecule has 1 fully saturated rings. The summed E-state index contributed by atoms with van der Waals surface area (Å²) in [6.45, 7) is 8.71. The normalized spacial score (nSPS) is 17.8. The van der Waals surface area contributed by atoms with E-state index in [0.29, 0.717) is 36.1 Å². The molecule has 194 valence electrons. The van der Waals surface area contributed by atoms with E-state index in [9.17, 15) is 9.90 Å². The number of anilines is 2. The third kappa shape index (κ3) is 5.00. The molecule has 11 heteroatoms. The van der Waals surface area contributed by atoms with Crippen LogP contribution in [0.4, 0.5) is 17.2 Å². The highest BCUT2D eigenvalue weighted by Gasteiger charge is 2.25. The Morgan fingerprint density at radius 1 is 1.19 bits per heavy atom. The average Bonchev–Trinajstić information content (AvgIpc) is 3.02. The maximum atomic E-state index is 13.2. The fourth-order valence-electron chi connectivity index (χ4n) is 4.76. The molecule has 0 spiro atoms. The highest BCUT2D eigenvalue weighted by atomic mass is 16.3. The van der Waals surface area contributed by atoms with E-state index in [1.54, 1.807) is 27.9 Å². The van der Waals surface area contributed by atoms with Gasteiger partial charge in [0.25, 0.3) is 5.56 Å². The minimum atomic E-state index is -0.192. The first-order valence-corrected chi connectivity index (χ1v) is 12.4. The molecule has 1 aromatic carbocycles. The van der Waals surface area contributed by atoms with Gasteiger partial charge in [-0.2, -0.15) is 0 Å². The van der Waals surface area contributed by atoms with Crippen LogP contribution in [0.1, 0.15) is 11.1 Å². The second-order valence-corrected chi connectivity index (χ2v) is 9.43. The molecule has 11 nitrogen and oxygen atoms in total. The van der Waals surface area contributed by atoms with Crippen molar-refractivity contribution in [3.05, 3.63) is 64.7 Å². The van der Waals surface area contributed by atoms with Crippen LogP contribution in [0.3, 0.4) is 0 Å². The van der Waals surface area contributed by atoms with Crippen LogP contribution >= 0.6 is 0 Å². The van der Waals surface area contributed by atoms with Crippen LogP contribution in [0.5, 0.6) is 0 Å². The Labute approximate surface area is 216 Å². The van der Waals surface area contributed by atoms with E-state index < -0.39 is 0 Å². The third-order valence-electron chi connectivity index (χ3n) is 6.71. The van der Waals surface area contributed by atoms with Crippen LogP contribution in [0.15, 0.2) is 63.0 Å². The van der Waals surface area contributed by atoms with E-state index in [2.05, 4.69) is 38.7 Å². The Morgan fingerprint density at radius 3 is 2.73 bits per heavy atom. The number of aliphatic imine (C=N–C) groups is 3. The zero-order valence-electron chi connectivity index (χ0n) is 21.3. The predicted octanol–water partition coefficient (Wildman–Crippen LogP) is 1.32. The number of rotatable bonds is 5. The van der Waals surface area contributed by atoms with Gasteiger partial charge in [0.2, 0.25) is 0 Å². The Hall–Kier alpha value is -3.96. The number of nitrogens with one attached hydrogen (secondary N) is 1. The predicted molar refractivity (Wildman–Crippen MR) is 149 cm³/mol. The molecule has 2 aromatic rings. The fourth-order valence-corrected chi connectivity index (χ4v) is 4.76. The van der Waals surface area contributed by atoms with E-state index in [4.69, 9.17) is 4.99 Å². The largest absolute Gasteiger partial charge is 0.392 e. The Balaban J connectivity index is 1.49. The summed E-state index contributed by atoms with van der Waals surface area (Å²) in [6.07, 6.45) is 6.85. The molecule has 0 aliphatic carbocycles. The van der Waals surface area contributed by atoms with Crippen molar-refractivity contribution in [3.8, 4) is 0 Å². The lowest BCUT2D eigenvalue weighted by Gasteiger charge is -2.35. The van der Waals surface area contributed by atoms with Crippen LogP contribution in [-0.4, -0.2) is 95.5 Å². The Bertz CT molecular complexity index is 1360. The van der Waals surface area contributed by atoms with Crippen molar-refractivity contribution in [2.45, 2.75) is 13.2 Å². The topological polar surface area (TPSA) is 106 Å². The summed E-state index contributed by atoms with van der Waals surface area (Å²) in [5.74, 6) is 1.76. The minimum absolute atomic E-state index is 0.0588. The van der Waals surface area contributed by atoms with Gasteiger partial charge >= 0.3 is 0 Å². The van der Waals surface area contributed by atoms with Gasteiger partial charge in [-0.3, -0.25) is 9.79 Å². The summed E-state index contributed by atoms with van der Waals surface area (Å²) in [5.41, 5.74) is 2.93. The lowest BCUT2D eigenvalue weighted by molar-refractivity contribution is 0.280. The van der Waals surface area contributed by atoms with Crippen molar-refractivity contribution in [2.75, 3.05) is 63.6 Å². The lowest BCUT2D eigenvalue weighted by atomic mass is 10.1. The maximum Gasteiger partial charge on any atom is 0.278 e. The highest BCUT2D eigenvalue weighted by molar-refractivity contribution is 6.04. The van der Waals surface area contributed by atoms with E-state index >= 15 is 0 Å². The molecule has 0 unspecified atom stereocenters. The number of amidine groups is 1. The van der Waals surface area contributed by atoms with E-state index in [1.807, 2.05) is 36.3 Å². The molecule has 3 aliphatic rings. The zero-order valence-corrected chi connectivity index (χ0v) is 21.3. The summed E-state index contributed by atoms with van der Waals surface area (Å²) in [7, 11) is 4.07. The SMILES string of the molecule is C=CCn1c(=O)c2c(n1C1=NC=CN(C)C1)N=C(Nc1ccc(N3CCN(C)CC3)c(CO)c1)CN=C2. The Kier molecular flexibility index (Phi) is 7.06.